The third-order valence-corrected chi connectivity index (χ3v) is 4.90. The van der Waals surface area contributed by atoms with E-state index in [1.54, 1.807) is 24.0 Å². The summed E-state index contributed by atoms with van der Waals surface area (Å²) in [6.07, 6.45) is 1.91. The molecular formula is C22H27BrN2O3. The molecule has 1 N–H and O–H groups in total. The molecule has 5 nitrogen and oxygen atoms in total. The third-order valence-electron chi connectivity index (χ3n) is 4.37. The number of nitrogens with one attached hydrogen (secondary N) is 1. The van der Waals surface area contributed by atoms with E-state index in [-0.39, 0.29) is 18.4 Å². The van der Waals surface area contributed by atoms with E-state index < -0.39 is 6.04 Å². The summed E-state index contributed by atoms with van der Waals surface area (Å²) in [5.74, 6) is 0.239. The summed E-state index contributed by atoms with van der Waals surface area (Å²) in [4.78, 5) is 27.0. The molecule has 0 aromatic heterocycles. The molecule has 0 bridgehead atoms. The van der Waals surface area contributed by atoms with Crippen LogP contribution >= 0.6 is 15.9 Å². The molecule has 0 spiro atoms. The van der Waals surface area contributed by atoms with Gasteiger partial charge in [-0.25, -0.2) is 0 Å². The Morgan fingerprint density at radius 3 is 2.43 bits per heavy atom. The summed E-state index contributed by atoms with van der Waals surface area (Å²) >= 11 is 3.41. The minimum absolute atomic E-state index is 0.118. The zero-order valence-corrected chi connectivity index (χ0v) is 17.9. The Bertz CT molecular complexity index is 750. The van der Waals surface area contributed by atoms with Crippen molar-refractivity contribution in [2.24, 2.45) is 0 Å². The zero-order valence-electron chi connectivity index (χ0n) is 16.4. The van der Waals surface area contributed by atoms with E-state index in [4.69, 9.17) is 4.74 Å². The predicted octanol–water partition coefficient (Wildman–Crippen LogP) is 4.16. The molecule has 0 aliphatic rings. The van der Waals surface area contributed by atoms with Crippen LogP contribution in [-0.2, 0) is 16.1 Å². The first-order chi connectivity index (χ1) is 13.5. The van der Waals surface area contributed by atoms with Gasteiger partial charge < -0.3 is 15.0 Å². The average Bonchev–Trinajstić information content (AvgIpc) is 2.72. The van der Waals surface area contributed by atoms with Gasteiger partial charge in [0.2, 0.25) is 5.91 Å². The van der Waals surface area contributed by atoms with Crippen molar-refractivity contribution in [1.82, 2.24) is 10.2 Å². The second-order valence-electron chi connectivity index (χ2n) is 6.57. The lowest BCUT2D eigenvalue weighted by Crippen LogP contribution is -2.49. The standard InChI is InChI=1S/C22H27BrN2O3/c1-3-4-14-24-22(27)17(2)25(15-18-10-12-19(23)13-11-18)21(26)16-28-20-8-6-5-7-9-20/h5-13,17H,3-4,14-16H2,1-2H3,(H,24,27)/t17-/m1/s1. The van der Waals surface area contributed by atoms with E-state index in [0.29, 0.717) is 18.8 Å². The molecule has 0 saturated heterocycles. The first-order valence-corrected chi connectivity index (χ1v) is 10.3. The molecule has 6 heteroatoms. The molecule has 0 heterocycles. The molecule has 2 amide bonds. The number of unbranched alkanes of at least 4 members (excludes halogenated alkanes) is 1. The van der Waals surface area contributed by atoms with Crippen molar-refractivity contribution in [2.45, 2.75) is 39.3 Å². The highest BCUT2D eigenvalue weighted by Crippen LogP contribution is 2.15. The predicted molar refractivity (Wildman–Crippen MR) is 114 cm³/mol. The SMILES string of the molecule is CCCCNC(=O)[C@@H](C)N(Cc1ccc(Br)cc1)C(=O)COc1ccccc1. The lowest BCUT2D eigenvalue weighted by Gasteiger charge is -2.28. The maximum atomic E-state index is 12.9. The van der Waals surface area contributed by atoms with E-state index in [1.165, 1.54) is 0 Å². The van der Waals surface area contributed by atoms with Gasteiger partial charge in [0.05, 0.1) is 0 Å². The van der Waals surface area contributed by atoms with E-state index >= 15 is 0 Å². The van der Waals surface area contributed by atoms with E-state index in [0.717, 1.165) is 22.9 Å². The summed E-state index contributed by atoms with van der Waals surface area (Å²) in [6.45, 7) is 4.65. The summed E-state index contributed by atoms with van der Waals surface area (Å²) in [5.41, 5.74) is 0.949. The molecular weight excluding hydrogens is 420 g/mol. The zero-order chi connectivity index (χ0) is 20.4. The fourth-order valence-corrected chi connectivity index (χ4v) is 2.91. The molecule has 0 fully saturated rings. The average molecular weight is 447 g/mol. The number of rotatable bonds is 10. The Kier molecular flexibility index (Phi) is 9.01. The Hall–Kier alpha value is -2.34. The molecule has 0 unspecified atom stereocenters. The highest BCUT2D eigenvalue weighted by atomic mass is 79.9. The number of carbonyl (C=O) groups is 2. The fraction of sp³-hybridized carbons (Fsp3) is 0.364. The van der Waals surface area contributed by atoms with Crippen LogP contribution < -0.4 is 10.1 Å². The number of amides is 2. The third kappa shape index (κ3) is 7.00. The summed E-state index contributed by atoms with van der Waals surface area (Å²) in [5, 5.41) is 2.91. The second-order valence-corrected chi connectivity index (χ2v) is 7.49. The first kappa shape index (κ1) is 22.0. The quantitative estimate of drug-likeness (QED) is 0.557. The number of hydrogen-bond acceptors (Lipinski definition) is 3. The highest BCUT2D eigenvalue weighted by Gasteiger charge is 2.26. The Morgan fingerprint density at radius 1 is 1.11 bits per heavy atom. The minimum Gasteiger partial charge on any atom is -0.484 e. The summed E-state index contributed by atoms with van der Waals surface area (Å²) in [7, 11) is 0. The topological polar surface area (TPSA) is 58.6 Å². The Labute approximate surface area is 175 Å². The van der Waals surface area contributed by atoms with Gasteiger partial charge in [-0.05, 0) is 43.2 Å². The van der Waals surface area contributed by atoms with Crippen LogP contribution in [0.25, 0.3) is 0 Å². The smallest absolute Gasteiger partial charge is 0.261 e. The number of nitrogens with zero attached hydrogens (tertiary/aromatic N) is 1. The number of halogens is 1. The van der Waals surface area contributed by atoms with Gasteiger partial charge in [0.15, 0.2) is 6.61 Å². The fourth-order valence-electron chi connectivity index (χ4n) is 2.65. The summed E-state index contributed by atoms with van der Waals surface area (Å²) < 4.78 is 6.57. The number of benzene rings is 2. The van der Waals surface area contributed by atoms with Crippen molar-refractivity contribution < 1.29 is 14.3 Å². The highest BCUT2D eigenvalue weighted by molar-refractivity contribution is 9.10. The van der Waals surface area contributed by atoms with Crippen molar-refractivity contribution in [3.05, 3.63) is 64.6 Å². The van der Waals surface area contributed by atoms with Gasteiger partial charge >= 0.3 is 0 Å². The van der Waals surface area contributed by atoms with E-state index in [1.807, 2.05) is 42.5 Å². The van der Waals surface area contributed by atoms with E-state index in [9.17, 15) is 9.59 Å². The molecule has 28 heavy (non-hydrogen) atoms. The molecule has 2 aromatic rings. The Morgan fingerprint density at radius 2 is 1.79 bits per heavy atom. The lowest BCUT2D eigenvalue weighted by molar-refractivity contribution is -0.142. The van der Waals surface area contributed by atoms with Crippen LogP contribution in [0.4, 0.5) is 0 Å². The maximum absolute atomic E-state index is 12.9. The largest absolute Gasteiger partial charge is 0.484 e. The van der Waals surface area contributed by atoms with Gasteiger partial charge in [0.25, 0.3) is 5.91 Å². The van der Waals surface area contributed by atoms with Gasteiger partial charge in [-0.1, -0.05) is 59.6 Å². The molecule has 0 saturated carbocycles. The van der Waals surface area contributed by atoms with Crippen LogP contribution in [0.5, 0.6) is 5.75 Å². The number of para-hydroxylation sites is 1. The van der Waals surface area contributed by atoms with Crippen LogP contribution in [0.15, 0.2) is 59.1 Å². The lowest BCUT2D eigenvalue weighted by atomic mass is 10.1. The van der Waals surface area contributed by atoms with Crippen LogP contribution in [0.1, 0.15) is 32.3 Å². The van der Waals surface area contributed by atoms with Crippen molar-refractivity contribution in [2.75, 3.05) is 13.2 Å². The molecule has 2 aromatic carbocycles. The van der Waals surface area contributed by atoms with E-state index in [2.05, 4.69) is 28.2 Å². The normalized spacial score (nSPS) is 11.5. The van der Waals surface area contributed by atoms with Crippen molar-refractivity contribution in [3.63, 3.8) is 0 Å². The molecule has 0 aliphatic heterocycles. The van der Waals surface area contributed by atoms with Gasteiger partial charge in [0.1, 0.15) is 11.8 Å². The molecule has 1 atom stereocenters. The van der Waals surface area contributed by atoms with Gasteiger partial charge in [0, 0.05) is 17.6 Å². The number of carbonyl (C=O) groups excluding carboxylic acids is 2. The van der Waals surface area contributed by atoms with Crippen LogP contribution in [0, 0.1) is 0 Å². The minimum atomic E-state index is -0.590. The van der Waals surface area contributed by atoms with Gasteiger partial charge in [-0.3, -0.25) is 9.59 Å². The Balaban J connectivity index is 2.08. The maximum Gasteiger partial charge on any atom is 0.261 e. The second kappa shape index (κ2) is 11.5. The molecule has 2 rings (SSSR count). The number of ether oxygens (including phenoxy) is 1. The van der Waals surface area contributed by atoms with Gasteiger partial charge in [-0.2, -0.15) is 0 Å². The summed E-state index contributed by atoms with van der Waals surface area (Å²) in [6, 6.07) is 16.3. The van der Waals surface area contributed by atoms with Crippen molar-refractivity contribution in [1.29, 1.82) is 0 Å². The van der Waals surface area contributed by atoms with Gasteiger partial charge in [-0.15, -0.1) is 0 Å². The number of hydrogen-bond donors (Lipinski definition) is 1. The van der Waals surface area contributed by atoms with Crippen LogP contribution in [0.2, 0.25) is 0 Å². The van der Waals surface area contributed by atoms with Crippen molar-refractivity contribution in [3.8, 4) is 5.75 Å². The van der Waals surface area contributed by atoms with Crippen molar-refractivity contribution >= 4 is 27.7 Å². The van der Waals surface area contributed by atoms with Crippen LogP contribution in [0.3, 0.4) is 0 Å². The first-order valence-electron chi connectivity index (χ1n) is 9.50. The van der Waals surface area contributed by atoms with Crippen LogP contribution in [-0.4, -0.2) is 35.9 Å². The molecule has 150 valence electrons. The molecule has 0 radical (unpaired) electrons. The monoisotopic (exact) mass is 446 g/mol. The molecule has 0 aliphatic carbocycles.